The third-order valence-corrected chi connectivity index (χ3v) is 4.48. The molecule has 0 aliphatic rings. The Labute approximate surface area is 160 Å². The number of hydrogen-bond donors (Lipinski definition) is 1. The molecule has 7 nitrogen and oxygen atoms in total. The highest BCUT2D eigenvalue weighted by atomic mass is 32.2. The van der Waals surface area contributed by atoms with Crippen molar-refractivity contribution >= 4 is 23.4 Å². The van der Waals surface area contributed by atoms with Gasteiger partial charge in [-0.05, 0) is 31.2 Å². The van der Waals surface area contributed by atoms with Crippen LogP contribution in [0.3, 0.4) is 0 Å². The highest BCUT2D eigenvalue weighted by molar-refractivity contribution is 7.98. The number of amides is 1. The monoisotopic (exact) mass is 387 g/mol. The second-order valence-electron chi connectivity index (χ2n) is 5.92. The Morgan fingerprint density at radius 1 is 1.30 bits per heavy atom. The zero-order chi connectivity index (χ0) is 19.4. The van der Waals surface area contributed by atoms with Gasteiger partial charge >= 0.3 is 0 Å². The van der Waals surface area contributed by atoms with Gasteiger partial charge in [0.1, 0.15) is 12.1 Å². The van der Waals surface area contributed by atoms with Crippen LogP contribution in [0.25, 0.3) is 0 Å². The third-order valence-electron chi connectivity index (χ3n) is 3.72. The van der Waals surface area contributed by atoms with Crippen LogP contribution in [0.4, 0.5) is 10.1 Å². The third kappa shape index (κ3) is 4.62. The second-order valence-corrected chi connectivity index (χ2v) is 6.84. The smallest absolute Gasteiger partial charge is 0.273 e. The fourth-order valence-corrected chi connectivity index (χ4v) is 3.08. The number of carbonyl (C=O) groups excluding carboxylic acids is 1. The van der Waals surface area contributed by atoms with Gasteiger partial charge in [0.05, 0.1) is 6.04 Å². The molecular formula is C18H18FN5O2S. The number of nitrogens with one attached hydrogen (secondary N) is 1. The van der Waals surface area contributed by atoms with Crippen LogP contribution in [0.1, 0.15) is 29.0 Å². The molecule has 0 spiro atoms. The summed E-state index contributed by atoms with van der Waals surface area (Å²) in [5, 5.41) is 3.55. The van der Waals surface area contributed by atoms with E-state index in [0.717, 1.165) is 17.4 Å². The van der Waals surface area contributed by atoms with E-state index in [-0.39, 0.29) is 16.7 Å². The number of rotatable bonds is 6. The Morgan fingerprint density at radius 3 is 2.74 bits per heavy atom. The molecule has 0 saturated carbocycles. The zero-order valence-corrected chi connectivity index (χ0v) is 15.8. The van der Waals surface area contributed by atoms with E-state index < -0.39 is 11.9 Å². The molecular weight excluding hydrogens is 369 g/mol. The molecule has 1 amide bonds. The van der Waals surface area contributed by atoms with Gasteiger partial charge < -0.3 is 14.6 Å². The van der Waals surface area contributed by atoms with Gasteiger partial charge in [0.15, 0.2) is 10.9 Å². The second kappa shape index (κ2) is 8.17. The normalized spacial score (nSPS) is 11.9. The topological polar surface area (TPSA) is 84.2 Å². The predicted molar refractivity (Wildman–Crippen MR) is 99.3 cm³/mol. The van der Waals surface area contributed by atoms with Crippen molar-refractivity contribution in [2.45, 2.75) is 23.3 Å². The SMILES string of the molecule is CC(NC(=O)c1coc(Sc2ncccn2)n1)c1cc(F)ccc1N(C)C. The number of hydrogen-bond acceptors (Lipinski definition) is 7. The van der Waals surface area contributed by atoms with Crippen molar-refractivity contribution in [1.82, 2.24) is 20.3 Å². The number of carbonyl (C=O) groups is 1. The number of nitrogens with zero attached hydrogens (tertiary/aromatic N) is 4. The molecule has 140 valence electrons. The number of oxazole rings is 1. The van der Waals surface area contributed by atoms with Gasteiger partial charge in [-0.25, -0.2) is 14.4 Å². The summed E-state index contributed by atoms with van der Waals surface area (Å²) in [6, 6.07) is 5.76. The van der Waals surface area contributed by atoms with E-state index in [2.05, 4.69) is 20.3 Å². The molecule has 1 unspecified atom stereocenters. The zero-order valence-electron chi connectivity index (χ0n) is 15.0. The Morgan fingerprint density at radius 2 is 2.04 bits per heavy atom. The first-order chi connectivity index (χ1) is 12.9. The van der Waals surface area contributed by atoms with Gasteiger partial charge in [0, 0.05) is 49.5 Å². The largest absolute Gasteiger partial charge is 0.439 e. The van der Waals surface area contributed by atoms with Crippen LogP contribution in [0, 0.1) is 5.82 Å². The molecule has 0 bridgehead atoms. The minimum Gasteiger partial charge on any atom is -0.439 e. The minimum absolute atomic E-state index is 0.128. The highest BCUT2D eigenvalue weighted by Gasteiger charge is 2.19. The first-order valence-corrected chi connectivity index (χ1v) is 8.93. The molecule has 0 aliphatic heterocycles. The van der Waals surface area contributed by atoms with Crippen molar-refractivity contribution in [2.24, 2.45) is 0 Å². The predicted octanol–water partition coefficient (Wildman–Crippen LogP) is 3.31. The van der Waals surface area contributed by atoms with E-state index in [4.69, 9.17) is 4.42 Å². The summed E-state index contributed by atoms with van der Waals surface area (Å²) in [5.41, 5.74) is 1.62. The summed E-state index contributed by atoms with van der Waals surface area (Å²) in [6.07, 6.45) is 4.48. The Balaban J connectivity index is 1.71. The van der Waals surface area contributed by atoms with E-state index in [9.17, 15) is 9.18 Å². The highest BCUT2D eigenvalue weighted by Crippen LogP contribution is 2.27. The summed E-state index contributed by atoms with van der Waals surface area (Å²) in [4.78, 5) is 26.6. The molecule has 27 heavy (non-hydrogen) atoms. The minimum atomic E-state index is -0.421. The van der Waals surface area contributed by atoms with Crippen LogP contribution in [0.2, 0.25) is 0 Å². The molecule has 9 heteroatoms. The standard InChI is InChI=1S/C18H18FN5O2S/c1-11(13-9-12(19)5-6-15(13)24(2)3)22-16(25)14-10-26-18(23-14)27-17-20-7-4-8-21-17/h4-11H,1-3H3,(H,22,25). The molecule has 0 radical (unpaired) electrons. The lowest BCUT2D eigenvalue weighted by molar-refractivity contribution is 0.0934. The molecule has 1 N–H and O–H groups in total. The summed E-state index contributed by atoms with van der Waals surface area (Å²) < 4.78 is 19.0. The number of benzene rings is 1. The first kappa shape index (κ1) is 18.8. The van der Waals surface area contributed by atoms with Crippen molar-refractivity contribution < 1.29 is 13.6 Å². The lowest BCUT2D eigenvalue weighted by atomic mass is 10.0. The van der Waals surface area contributed by atoms with Crippen LogP contribution in [-0.2, 0) is 0 Å². The van der Waals surface area contributed by atoms with Crippen molar-refractivity contribution in [1.29, 1.82) is 0 Å². The number of aromatic nitrogens is 3. The summed E-state index contributed by atoms with van der Waals surface area (Å²) >= 11 is 1.11. The van der Waals surface area contributed by atoms with E-state index in [1.807, 2.05) is 19.0 Å². The van der Waals surface area contributed by atoms with E-state index in [0.29, 0.717) is 10.7 Å². The van der Waals surface area contributed by atoms with Gasteiger partial charge in [0.2, 0.25) is 0 Å². The molecule has 0 saturated heterocycles. The summed E-state index contributed by atoms with van der Waals surface area (Å²) in [7, 11) is 3.72. The average molecular weight is 387 g/mol. The Hall–Kier alpha value is -2.94. The van der Waals surface area contributed by atoms with Gasteiger partial charge in [-0.1, -0.05) is 0 Å². The van der Waals surface area contributed by atoms with Crippen LogP contribution in [0.5, 0.6) is 0 Å². The lowest BCUT2D eigenvalue weighted by Gasteiger charge is -2.22. The maximum Gasteiger partial charge on any atom is 0.273 e. The average Bonchev–Trinajstić information content (AvgIpc) is 3.10. The summed E-state index contributed by atoms with van der Waals surface area (Å²) in [5.74, 6) is -0.777. The van der Waals surface area contributed by atoms with Crippen molar-refractivity contribution in [3.8, 4) is 0 Å². The van der Waals surface area contributed by atoms with Gasteiger partial charge in [-0.15, -0.1) is 0 Å². The van der Waals surface area contributed by atoms with Crippen LogP contribution >= 0.6 is 11.8 Å². The Kier molecular flexibility index (Phi) is 5.70. The first-order valence-electron chi connectivity index (χ1n) is 8.12. The van der Waals surface area contributed by atoms with E-state index in [1.165, 1.54) is 18.4 Å². The molecule has 0 aliphatic carbocycles. The van der Waals surface area contributed by atoms with Crippen molar-refractivity contribution in [2.75, 3.05) is 19.0 Å². The molecule has 1 aromatic carbocycles. The fourth-order valence-electron chi connectivity index (χ4n) is 2.45. The van der Waals surface area contributed by atoms with Crippen LogP contribution < -0.4 is 10.2 Å². The molecule has 3 rings (SSSR count). The maximum absolute atomic E-state index is 13.7. The molecule has 2 heterocycles. The van der Waals surface area contributed by atoms with Gasteiger partial charge in [-0.2, -0.15) is 4.98 Å². The van der Waals surface area contributed by atoms with Gasteiger partial charge in [0.25, 0.3) is 11.1 Å². The maximum atomic E-state index is 13.7. The summed E-state index contributed by atoms with van der Waals surface area (Å²) in [6.45, 7) is 1.78. The quantitative estimate of drug-likeness (QED) is 0.650. The van der Waals surface area contributed by atoms with Crippen LogP contribution in [-0.4, -0.2) is 35.0 Å². The van der Waals surface area contributed by atoms with E-state index in [1.54, 1.807) is 31.5 Å². The van der Waals surface area contributed by atoms with Crippen molar-refractivity contribution in [3.05, 3.63) is 60.0 Å². The Bertz CT molecular complexity index is 933. The van der Waals surface area contributed by atoms with Crippen molar-refractivity contribution in [3.63, 3.8) is 0 Å². The number of anilines is 1. The fraction of sp³-hybridized carbons (Fsp3) is 0.222. The van der Waals surface area contributed by atoms with Gasteiger partial charge in [-0.3, -0.25) is 4.79 Å². The molecule has 3 aromatic rings. The molecule has 0 fully saturated rings. The number of halogens is 1. The van der Waals surface area contributed by atoms with E-state index >= 15 is 0 Å². The molecule has 2 aromatic heterocycles. The molecule has 1 atom stereocenters. The lowest BCUT2D eigenvalue weighted by Crippen LogP contribution is -2.28. The van der Waals surface area contributed by atoms with Crippen LogP contribution in [0.15, 0.2) is 57.7 Å².